The molecule has 0 radical (unpaired) electrons. The number of nitrogens with zero attached hydrogens (tertiary/aromatic N) is 4. The fraction of sp³-hybridized carbons (Fsp3) is 0.0492. The Morgan fingerprint density at radius 2 is 0.969 bits per heavy atom. The van der Waals surface area contributed by atoms with Crippen molar-refractivity contribution in [1.29, 1.82) is 0 Å². The van der Waals surface area contributed by atoms with Crippen LogP contribution in [0.2, 0.25) is 0 Å². The second-order valence-corrected chi connectivity index (χ2v) is 18.2. The average Bonchev–Trinajstić information content (AvgIpc) is 3.94. The monoisotopic (exact) mass is 828 g/mol. The van der Waals surface area contributed by atoms with Gasteiger partial charge in [-0.15, -0.1) is 0 Å². The molecule has 0 N–H and O–H groups in total. The van der Waals surface area contributed by atoms with Gasteiger partial charge < -0.3 is 4.57 Å². The minimum absolute atomic E-state index is 0.235. The normalized spacial score (nSPS) is 13.2. The minimum atomic E-state index is -0.235. The second-order valence-electron chi connectivity index (χ2n) is 18.2. The Hall–Kier alpha value is -8.34. The number of hydrogen-bond donors (Lipinski definition) is 0. The Kier molecular flexibility index (Phi) is 7.42. The highest BCUT2D eigenvalue weighted by molar-refractivity contribution is 6.15. The molecule has 10 aromatic carbocycles. The van der Waals surface area contributed by atoms with E-state index < -0.39 is 0 Å². The Morgan fingerprint density at radius 3 is 1.78 bits per heavy atom. The highest BCUT2D eigenvalue weighted by Crippen LogP contribution is 2.53. The molecule has 0 aliphatic heterocycles. The highest BCUT2D eigenvalue weighted by Gasteiger charge is 2.38. The SMILES string of the molecule is CC1(C)c2cc3c(cc2-c2ccc4ccccc4c21)c1cc(-c2ccc4c(c2)c2ccccc2n4-c2ccccc2)ccc1n3-c1nc(-c2ccc3ccccc3c2)c2ccccc2n1. The van der Waals surface area contributed by atoms with Crippen LogP contribution in [-0.2, 0) is 5.41 Å². The topological polar surface area (TPSA) is 35.6 Å². The van der Waals surface area contributed by atoms with Crippen LogP contribution in [0, 0.1) is 0 Å². The van der Waals surface area contributed by atoms with E-state index in [-0.39, 0.29) is 5.41 Å². The molecule has 0 amide bonds. The van der Waals surface area contributed by atoms with Crippen molar-refractivity contribution in [2.24, 2.45) is 0 Å². The van der Waals surface area contributed by atoms with Gasteiger partial charge in [-0.1, -0.05) is 153 Å². The summed E-state index contributed by atoms with van der Waals surface area (Å²) in [6.07, 6.45) is 0. The van der Waals surface area contributed by atoms with Crippen LogP contribution in [0.3, 0.4) is 0 Å². The van der Waals surface area contributed by atoms with Crippen LogP contribution in [0.25, 0.3) is 121 Å². The lowest BCUT2D eigenvalue weighted by atomic mass is 9.80. The van der Waals surface area contributed by atoms with Crippen LogP contribution >= 0.6 is 0 Å². The van der Waals surface area contributed by atoms with E-state index in [0.29, 0.717) is 5.95 Å². The van der Waals surface area contributed by atoms with Crippen molar-refractivity contribution in [3.8, 4) is 45.1 Å². The molecule has 0 fully saturated rings. The summed E-state index contributed by atoms with van der Waals surface area (Å²) in [5.41, 5.74) is 16.0. The van der Waals surface area contributed by atoms with Crippen molar-refractivity contribution in [3.05, 3.63) is 217 Å². The lowest BCUT2D eigenvalue weighted by Crippen LogP contribution is -2.15. The maximum absolute atomic E-state index is 5.55. The second kappa shape index (κ2) is 13.3. The first-order valence-corrected chi connectivity index (χ1v) is 22.5. The maximum atomic E-state index is 5.55. The number of benzene rings is 10. The molecule has 1 aliphatic carbocycles. The zero-order valence-corrected chi connectivity index (χ0v) is 35.9. The number of para-hydroxylation sites is 3. The van der Waals surface area contributed by atoms with Gasteiger partial charge in [-0.05, 0) is 122 Å². The van der Waals surface area contributed by atoms with Crippen LogP contribution in [0.15, 0.2) is 206 Å². The molecule has 304 valence electrons. The van der Waals surface area contributed by atoms with Crippen LogP contribution in [0.5, 0.6) is 0 Å². The first kappa shape index (κ1) is 36.2. The van der Waals surface area contributed by atoms with E-state index in [0.717, 1.165) is 38.9 Å². The first-order valence-electron chi connectivity index (χ1n) is 22.5. The third kappa shape index (κ3) is 5.19. The van der Waals surface area contributed by atoms with Gasteiger partial charge in [-0.2, -0.15) is 0 Å². The Bertz CT molecular complexity index is 4150. The van der Waals surface area contributed by atoms with Gasteiger partial charge in [0, 0.05) is 43.6 Å². The molecular weight excluding hydrogens is 789 g/mol. The fourth-order valence-corrected chi connectivity index (χ4v) is 11.2. The van der Waals surface area contributed by atoms with Gasteiger partial charge in [-0.25, -0.2) is 9.97 Å². The molecule has 0 saturated carbocycles. The molecule has 0 saturated heterocycles. The summed E-state index contributed by atoms with van der Waals surface area (Å²) in [4.78, 5) is 10.9. The summed E-state index contributed by atoms with van der Waals surface area (Å²) < 4.78 is 4.70. The number of rotatable bonds is 4. The summed E-state index contributed by atoms with van der Waals surface area (Å²) in [7, 11) is 0. The average molecular weight is 829 g/mol. The van der Waals surface area contributed by atoms with Gasteiger partial charge in [0.15, 0.2) is 0 Å². The standard InChI is InChI=1S/C61H40N4/c1-61(2)52-36-57-51(35-48(52)46-29-26-38-15-8-9-19-44(38)58(46)61)50-34-41(40-27-30-55-49(33-40)45-20-11-13-23-54(45)64(55)43-17-4-3-5-18-43)28-31-56(50)65(57)60-62-53-22-12-10-21-47(53)59(63-60)42-25-24-37-14-6-7-16-39(37)32-42/h3-36H,1-2H3. The lowest BCUT2D eigenvalue weighted by molar-refractivity contribution is 0.667. The highest BCUT2D eigenvalue weighted by atomic mass is 15.2. The van der Waals surface area contributed by atoms with E-state index in [1.807, 2.05) is 0 Å². The van der Waals surface area contributed by atoms with Crippen LogP contribution < -0.4 is 0 Å². The molecular formula is C61H40N4. The van der Waals surface area contributed by atoms with Crippen molar-refractivity contribution in [2.75, 3.05) is 0 Å². The predicted octanol–water partition coefficient (Wildman–Crippen LogP) is 15.8. The molecule has 0 spiro atoms. The predicted molar refractivity (Wildman–Crippen MR) is 272 cm³/mol. The Labute approximate surface area is 375 Å². The first-order chi connectivity index (χ1) is 32.0. The number of fused-ring (bicyclic) bond motifs is 13. The van der Waals surface area contributed by atoms with E-state index in [1.54, 1.807) is 0 Å². The van der Waals surface area contributed by atoms with Crippen molar-refractivity contribution in [3.63, 3.8) is 0 Å². The summed E-state index contributed by atoms with van der Waals surface area (Å²) in [6.45, 7) is 4.77. The van der Waals surface area contributed by atoms with Gasteiger partial charge in [0.25, 0.3) is 0 Å². The zero-order chi connectivity index (χ0) is 43.0. The number of hydrogen-bond acceptors (Lipinski definition) is 2. The van der Waals surface area contributed by atoms with E-state index in [9.17, 15) is 0 Å². The van der Waals surface area contributed by atoms with Crippen LogP contribution in [0.4, 0.5) is 0 Å². The largest absolute Gasteiger partial charge is 0.309 e. The molecule has 3 aromatic heterocycles. The van der Waals surface area contributed by atoms with Crippen LogP contribution in [-0.4, -0.2) is 19.1 Å². The quantitative estimate of drug-likeness (QED) is 0.177. The van der Waals surface area contributed by atoms with E-state index in [1.165, 1.54) is 87.5 Å². The van der Waals surface area contributed by atoms with Crippen molar-refractivity contribution in [2.45, 2.75) is 19.3 Å². The molecule has 65 heavy (non-hydrogen) atoms. The summed E-state index contributed by atoms with van der Waals surface area (Å²) in [5.74, 6) is 0.661. The van der Waals surface area contributed by atoms with Gasteiger partial charge in [0.1, 0.15) is 0 Å². The zero-order valence-electron chi connectivity index (χ0n) is 35.9. The third-order valence-electron chi connectivity index (χ3n) is 14.3. The molecule has 0 unspecified atom stereocenters. The molecule has 13 aromatic rings. The molecule has 1 aliphatic rings. The fourth-order valence-electron chi connectivity index (χ4n) is 11.2. The van der Waals surface area contributed by atoms with Gasteiger partial charge in [0.2, 0.25) is 5.95 Å². The Morgan fingerprint density at radius 1 is 0.369 bits per heavy atom. The molecule has 3 heterocycles. The summed E-state index contributed by atoms with van der Waals surface area (Å²) >= 11 is 0. The van der Waals surface area contributed by atoms with E-state index in [2.05, 4.69) is 229 Å². The van der Waals surface area contributed by atoms with Crippen molar-refractivity contribution >= 4 is 76.1 Å². The third-order valence-corrected chi connectivity index (χ3v) is 14.3. The lowest BCUT2D eigenvalue weighted by Gasteiger charge is -2.23. The summed E-state index contributed by atoms with van der Waals surface area (Å²) in [5, 5.41) is 10.8. The smallest absolute Gasteiger partial charge is 0.235 e. The minimum Gasteiger partial charge on any atom is -0.309 e. The van der Waals surface area contributed by atoms with Gasteiger partial charge in [-0.3, -0.25) is 4.57 Å². The Balaban J connectivity index is 1.04. The molecule has 0 atom stereocenters. The van der Waals surface area contributed by atoms with Crippen LogP contribution in [0.1, 0.15) is 25.0 Å². The molecule has 4 heteroatoms. The van der Waals surface area contributed by atoms with Gasteiger partial charge in [0.05, 0.1) is 33.3 Å². The molecule has 14 rings (SSSR count). The maximum Gasteiger partial charge on any atom is 0.235 e. The van der Waals surface area contributed by atoms with Gasteiger partial charge >= 0.3 is 0 Å². The summed E-state index contributed by atoms with van der Waals surface area (Å²) in [6, 6.07) is 75.3. The van der Waals surface area contributed by atoms with Crippen molar-refractivity contribution in [1.82, 2.24) is 19.1 Å². The molecule has 0 bridgehead atoms. The van der Waals surface area contributed by atoms with E-state index in [4.69, 9.17) is 9.97 Å². The van der Waals surface area contributed by atoms with E-state index >= 15 is 0 Å². The van der Waals surface area contributed by atoms with Crippen molar-refractivity contribution < 1.29 is 0 Å². The molecule has 4 nitrogen and oxygen atoms in total. The number of aromatic nitrogens is 4.